The van der Waals surface area contributed by atoms with E-state index in [1.165, 1.54) is 0 Å². The predicted molar refractivity (Wildman–Crippen MR) is 97.9 cm³/mol. The van der Waals surface area contributed by atoms with Crippen LogP contribution in [0.3, 0.4) is 0 Å². The van der Waals surface area contributed by atoms with Crippen molar-refractivity contribution in [3.8, 4) is 0 Å². The lowest BCUT2D eigenvalue weighted by Gasteiger charge is -2.35. The van der Waals surface area contributed by atoms with Gasteiger partial charge >= 0.3 is 0 Å². The van der Waals surface area contributed by atoms with E-state index >= 15 is 0 Å². The summed E-state index contributed by atoms with van der Waals surface area (Å²) in [7, 11) is 0. The van der Waals surface area contributed by atoms with Gasteiger partial charge in [0.15, 0.2) is 5.96 Å². The molecule has 1 fully saturated rings. The molecule has 122 valence electrons. The van der Waals surface area contributed by atoms with Crippen LogP contribution < -0.4 is 10.6 Å². The number of pyridine rings is 2. The molecule has 0 atom stereocenters. The highest BCUT2D eigenvalue weighted by Gasteiger charge is 2.18. The maximum Gasteiger partial charge on any atom is 0.191 e. The first-order chi connectivity index (χ1) is 10.8. The zero-order valence-corrected chi connectivity index (χ0v) is 14.6. The molecule has 0 unspecified atom stereocenters. The number of piperazine rings is 1. The van der Waals surface area contributed by atoms with Crippen LogP contribution in [0.15, 0.2) is 53.8 Å². The highest BCUT2D eigenvalue weighted by atomic mass is 79.9. The van der Waals surface area contributed by atoms with Crippen molar-refractivity contribution in [1.29, 1.82) is 0 Å². The van der Waals surface area contributed by atoms with E-state index in [9.17, 15) is 0 Å². The molecule has 0 aliphatic carbocycles. The zero-order chi connectivity index (χ0) is 15.2. The number of anilines is 1. The Balaban J connectivity index is 0.00000192. The first-order valence-corrected chi connectivity index (χ1v) is 7.44. The molecule has 0 bridgehead atoms. The van der Waals surface area contributed by atoms with Gasteiger partial charge in [-0.15, -0.1) is 17.0 Å². The summed E-state index contributed by atoms with van der Waals surface area (Å²) in [6.45, 7) is 4.03. The Bertz CT molecular complexity index is 611. The van der Waals surface area contributed by atoms with Gasteiger partial charge < -0.3 is 15.5 Å². The molecule has 0 saturated carbocycles. The van der Waals surface area contributed by atoms with Crippen molar-refractivity contribution in [3.63, 3.8) is 0 Å². The normalized spacial score (nSPS) is 15.2. The van der Waals surface area contributed by atoms with E-state index in [-0.39, 0.29) is 17.0 Å². The molecule has 2 aromatic rings. The fraction of sp³-hybridized carbons (Fsp3) is 0.312. The Labute approximate surface area is 146 Å². The molecule has 2 N–H and O–H groups in total. The van der Waals surface area contributed by atoms with Crippen LogP contribution in [0.4, 0.5) is 5.82 Å². The molecule has 2 aromatic heterocycles. The van der Waals surface area contributed by atoms with Crippen molar-refractivity contribution in [2.24, 2.45) is 10.7 Å². The van der Waals surface area contributed by atoms with Gasteiger partial charge in [-0.3, -0.25) is 4.98 Å². The van der Waals surface area contributed by atoms with Gasteiger partial charge in [0.1, 0.15) is 5.82 Å². The Morgan fingerprint density at radius 3 is 2.30 bits per heavy atom. The van der Waals surface area contributed by atoms with Crippen LogP contribution >= 0.6 is 17.0 Å². The summed E-state index contributed by atoms with van der Waals surface area (Å²) in [5, 5.41) is 0. The van der Waals surface area contributed by atoms with Crippen LogP contribution in [0, 0.1) is 0 Å². The minimum Gasteiger partial charge on any atom is -0.370 e. The average molecular weight is 377 g/mol. The molecule has 0 radical (unpaired) electrons. The number of hydrogen-bond donors (Lipinski definition) is 1. The Morgan fingerprint density at radius 1 is 1.00 bits per heavy atom. The molecular weight excluding hydrogens is 356 g/mol. The van der Waals surface area contributed by atoms with Gasteiger partial charge in [0.25, 0.3) is 0 Å². The summed E-state index contributed by atoms with van der Waals surface area (Å²) in [4.78, 5) is 17.5. The molecule has 1 saturated heterocycles. The third kappa shape index (κ3) is 4.66. The molecule has 3 heterocycles. The van der Waals surface area contributed by atoms with Crippen LogP contribution in [-0.2, 0) is 6.54 Å². The van der Waals surface area contributed by atoms with E-state index in [1.54, 1.807) is 6.20 Å². The predicted octanol–water partition coefficient (Wildman–Crippen LogP) is 1.69. The lowest BCUT2D eigenvalue weighted by Crippen LogP contribution is -2.51. The van der Waals surface area contributed by atoms with Crippen molar-refractivity contribution in [2.45, 2.75) is 6.54 Å². The highest BCUT2D eigenvalue weighted by Crippen LogP contribution is 2.12. The first-order valence-electron chi connectivity index (χ1n) is 7.44. The van der Waals surface area contributed by atoms with Gasteiger partial charge in [-0.25, -0.2) is 9.98 Å². The molecule has 1 aliphatic rings. The fourth-order valence-electron chi connectivity index (χ4n) is 2.46. The quantitative estimate of drug-likeness (QED) is 0.651. The number of halogens is 1. The molecule has 0 aromatic carbocycles. The third-order valence-corrected chi connectivity index (χ3v) is 3.71. The molecular formula is C16H21BrN6. The van der Waals surface area contributed by atoms with Gasteiger partial charge in [-0.2, -0.15) is 0 Å². The number of rotatable bonds is 3. The molecule has 3 rings (SSSR count). The third-order valence-electron chi connectivity index (χ3n) is 3.71. The second kappa shape index (κ2) is 8.47. The van der Waals surface area contributed by atoms with Crippen LogP contribution in [-0.4, -0.2) is 47.0 Å². The van der Waals surface area contributed by atoms with E-state index in [0.717, 1.165) is 37.7 Å². The fourth-order valence-corrected chi connectivity index (χ4v) is 2.46. The SMILES string of the molecule is Br.NC(=NCc1ccccn1)N1CCN(c2ccccn2)CC1. The molecule has 0 amide bonds. The monoisotopic (exact) mass is 376 g/mol. The summed E-state index contributed by atoms with van der Waals surface area (Å²) in [5.74, 6) is 1.61. The van der Waals surface area contributed by atoms with Gasteiger partial charge in [-0.1, -0.05) is 12.1 Å². The van der Waals surface area contributed by atoms with Crippen LogP contribution in [0.2, 0.25) is 0 Å². The van der Waals surface area contributed by atoms with Crippen molar-refractivity contribution >= 4 is 28.8 Å². The summed E-state index contributed by atoms with van der Waals surface area (Å²) in [6.07, 6.45) is 3.59. The Hall–Kier alpha value is -2.15. The van der Waals surface area contributed by atoms with E-state index in [4.69, 9.17) is 5.73 Å². The molecule has 6 nitrogen and oxygen atoms in total. The van der Waals surface area contributed by atoms with Crippen molar-refractivity contribution in [2.75, 3.05) is 31.1 Å². The number of nitrogens with two attached hydrogens (primary N) is 1. The minimum atomic E-state index is 0. The largest absolute Gasteiger partial charge is 0.370 e. The highest BCUT2D eigenvalue weighted by molar-refractivity contribution is 8.93. The van der Waals surface area contributed by atoms with E-state index in [1.807, 2.05) is 42.6 Å². The second-order valence-electron chi connectivity index (χ2n) is 5.16. The first kappa shape index (κ1) is 17.2. The summed E-state index contributed by atoms with van der Waals surface area (Å²) < 4.78 is 0. The summed E-state index contributed by atoms with van der Waals surface area (Å²) in [6, 6.07) is 11.8. The zero-order valence-electron chi connectivity index (χ0n) is 12.9. The maximum atomic E-state index is 6.09. The smallest absolute Gasteiger partial charge is 0.191 e. The van der Waals surface area contributed by atoms with E-state index in [0.29, 0.717) is 12.5 Å². The van der Waals surface area contributed by atoms with Crippen molar-refractivity contribution in [1.82, 2.24) is 14.9 Å². The number of nitrogens with zero attached hydrogens (tertiary/aromatic N) is 5. The number of guanidine groups is 1. The molecule has 7 heteroatoms. The average Bonchev–Trinajstić information content (AvgIpc) is 2.61. The molecule has 0 spiro atoms. The second-order valence-corrected chi connectivity index (χ2v) is 5.16. The maximum absolute atomic E-state index is 6.09. The van der Waals surface area contributed by atoms with Gasteiger partial charge in [-0.05, 0) is 24.3 Å². The lowest BCUT2D eigenvalue weighted by atomic mass is 10.3. The number of hydrogen-bond acceptors (Lipinski definition) is 4. The van der Waals surface area contributed by atoms with Gasteiger partial charge in [0.2, 0.25) is 0 Å². The lowest BCUT2D eigenvalue weighted by molar-refractivity contribution is 0.379. The topological polar surface area (TPSA) is 70.6 Å². The summed E-state index contributed by atoms with van der Waals surface area (Å²) in [5.41, 5.74) is 7.02. The Kier molecular flexibility index (Phi) is 6.34. The standard InChI is InChI=1S/C16H20N6.BrH/c17-16(20-13-14-5-1-3-7-18-14)22-11-9-21(10-12-22)15-6-2-4-8-19-15;/h1-8H,9-13H2,(H2,17,20);1H. The van der Waals surface area contributed by atoms with Crippen molar-refractivity contribution < 1.29 is 0 Å². The van der Waals surface area contributed by atoms with Crippen LogP contribution in [0.5, 0.6) is 0 Å². The number of aliphatic imine (C=N–C) groups is 1. The molecule has 1 aliphatic heterocycles. The summed E-state index contributed by atoms with van der Waals surface area (Å²) >= 11 is 0. The van der Waals surface area contributed by atoms with E-state index < -0.39 is 0 Å². The van der Waals surface area contributed by atoms with Gasteiger partial charge in [0, 0.05) is 38.6 Å². The van der Waals surface area contributed by atoms with Gasteiger partial charge in [0.05, 0.1) is 12.2 Å². The number of aromatic nitrogens is 2. The van der Waals surface area contributed by atoms with E-state index in [2.05, 4.69) is 24.8 Å². The van der Waals surface area contributed by atoms with Crippen molar-refractivity contribution in [3.05, 3.63) is 54.5 Å². The minimum absolute atomic E-state index is 0. The van der Waals surface area contributed by atoms with Crippen LogP contribution in [0.25, 0.3) is 0 Å². The molecule has 23 heavy (non-hydrogen) atoms. The Morgan fingerprint density at radius 2 is 1.70 bits per heavy atom. The van der Waals surface area contributed by atoms with Crippen LogP contribution in [0.1, 0.15) is 5.69 Å².